The molecule has 1 fully saturated rings. The van der Waals surface area contributed by atoms with Gasteiger partial charge >= 0.3 is 6.09 Å². The van der Waals surface area contributed by atoms with Crippen LogP contribution in [0.15, 0.2) is 18.3 Å². The van der Waals surface area contributed by atoms with Gasteiger partial charge in [-0.3, -0.25) is 4.90 Å². The molecule has 0 bridgehead atoms. The van der Waals surface area contributed by atoms with E-state index in [1.54, 1.807) is 7.05 Å². The fraction of sp³-hybridized carbons (Fsp3) is 0.600. The Bertz CT molecular complexity index is 459. The summed E-state index contributed by atoms with van der Waals surface area (Å²) in [5.41, 5.74) is 0.669. The molecule has 1 saturated heterocycles. The number of hydrogen-bond acceptors (Lipinski definition) is 4. The number of amides is 1. The molecule has 1 aromatic rings. The van der Waals surface area contributed by atoms with E-state index < -0.39 is 11.7 Å². The van der Waals surface area contributed by atoms with Crippen LogP contribution in [0, 0.1) is 0 Å². The van der Waals surface area contributed by atoms with Crippen LogP contribution < -0.4 is 10.2 Å². The zero-order chi connectivity index (χ0) is 14.8. The van der Waals surface area contributed by atoms with Crippen molar-refractivity contribution in [1.29, 1.82) is 0 Å². The van der Waals surface area contributed by atoms with Crippen LogP contribution in [0.4, 0.5) is 10.6 Å². The number of anilines is 1. The SMILES string of the molecule is CN(C(=O)OC(C)(C)C)c1ccc(C2CCCN2)cn1. The number of pyridine rings is 1. The lowest BCUT2D eigenvalue weighted by molar-refractivity contribution is 0.0588. The first-order valence-electron chi connectivity index (χ1n) is 7.03. The first-order chi connectivity index (χ1) is 9.37. The summed E-state index contributed by atoms with van der Waals surface area (Å²) in [5, 5.41) is 3.43. The van der Waals surface area contributed by atoms with Crippen LogP contribution in [0.1, 0.15) is 45.2 Å². The number of rotatable bonds is 2. The summed E-state index contributed by atoms with van der Waals surface area (Å²) in [7, 11) is 1.67. The molecule has 0 spiro atoms. The fourth-order valence-electron chi connectivity index (χ4n) is 2.20. The van der Waals surface area contributed by atoms with Gasteiger partial charge < -0.3 is 10.1 Å². The molecule has 0 aromatic carbocycles. The van der Waals surface area contributed by atoms with Gasteiger partial charge in [-0.2, -0.15) is 0 Å². The van der Waals surface area contributed by atoms with Gasteiger partial charge in [-0.25, -0.2) is 9.78 Å². The summed E-state index contributed by atoms with van der Waals surface area (Å²) in [4.78, 5) is 17.7. The summed E-state index contributed by atoms with van der Waals surface area (Å²) in [6.45, 7) is 6.60. The van der Waals surface area contributed by atoms with Crippen LogP contribution >= 0.6 is 0 Å². The second-order valence-corrected chi connectivity index (χ2v) is 6.14. The van der Waals surface area contributed by atoms with Crippen molar-refractivity contribution in [3.05, 3.63) is 23.9 Å². The van der Waals surface area contributed by atoms with Gasteiger partial charge in [0.2, 0.25) is 0 Å². The van der Waals surface area contributed by atoms with Crippen molar-refractivity contribution in [1.82, 2.24) is 10.3 Å². The van der Waals surface area contributed by atoms with Crippen molar-refractivity contribution >= 4 is 11.9 Å². The Morgan fingerprint density at radius 3 is 2.70 bits per heavy atom. The molecule has 1 aliphatic rings. The van der Waals surface area contributed by atoms with E-state index in [1.807, 2.05) is 39.1 Å². The fourth-order valence-corrected chi connectivity index (χ4v) is 2.20. The average Bonchev–Trinajstić information content (AvgIpc) is 2.90. The van der Waals surface area contributed by atoms with E-state index in [1.165, 1.54) is 16.9 Å². The largest absolute Gasteiger partial charge is 0.443 e. The van der Waals surface area contributed by atoms with E-state index in [-0.39, 0.29) is 0 Å². The predicted molar refractivity (Wildman–Crippen MR) is 78.9 cm³/mol. The summed E-state index contributed by atoms with van der Waals surface area (Å²) in [6.07, 6.45) is 3.78. The Morgan fingerprint density at radius 1 is 1.45 bits per heavy atom. The lowest BCUT2D eigenvalue weighted by atomic mass is 10.1. The van der Waals surface area contributed by atoms with Crippen molar-refractivity contribution in [2.45, 2.75) is 45.3 Å². The molecule has 0 aliphatic carbocycles. The molecule has 2 rings (SSSR count). The molecule has 110 valence electrons. The van der Waals surface area contributed by atoms with E-state index in [9.17, 15) is 4.79 Å². The molecule has 0 radical (unpaired) electrons. The molecule has 1 aromatic heterocycles. The lowest BCUT2D eigenvalue weighted by Gasteiger charge is -2.24. The Hall–Kier alpha value is -1.62. The quantitative estimate of drug-likeness (QED) is 0.903. The zero-order valence-electron chi connectivity index (χ0n) is 12.6. The summed E-state index contributed by atoms with van der Waals surface area (Å²) >= 11 is 0. The van der Waals surface area contributed by atoms with Gasteiger partial charge in [-0.15, -0.1) is 0 Å². The number of ether oxygens (including phenoxy) is 1. The highest BCUT2D eigenvalue weighted by Gasteiger charge is 2.22. The monoisotopic (exact) mass is 277 g/mol. The maximum atomic E-state index is 12.0. The van der Waals surface area contributed by atoms with Gasteiger partial charge in [0.1, 0.15) is 11.4 Å². The van der Waals surface area contributed by atoms with Crippen molar-refractivity contribution in [2.75, 3.05) is 18.5 Å². The molecule has 1 amide bonds. The van der Waals surface area contributed by atoms with Crippen molar-refractivity contribution in [2.24, 2.45) is 0 Å². The Balaban J connectivity index is 2.03. The molecule has 20 heavy (non-hydrogen) atoms. The second-order valence-electron chi connectivity index (χ2n) is 6.14. The van der Waals surface area contributed by atoms with Gasteiger partial charge in [-0.05, 0) is 51.8 Å². The van der Waals surface area contributed by atoms with Gasteiger partial charge in [0.25, 0.3) is 0 Å². The van der Waals surface area contributed by atoms with Crippen LogP contribution in [-0.2, 0) is 4.74 Å². The highest BCUT2D eigenvalue weighted by atomic mass is 16.6. The number of nitrogens with zero attached hydrogens (tertiary/aromatic N) is 2. The molecule has 1 N–H and O–H groups in total. The van der Waals surface area contributed by atoms with Crippen LogP contribution in [0.25, 0.3) is 0 Å². The number of carbonyl (C=O) groups is 1. The summed E-state index contributed by atoms with van der Waals surface area (Å²) in [6, 6.07) is 4.27. The normalized spacial score (nSPS) is 18.9. The molecule has 1 unspecified atom stereocenters. The van der Waals surface area contributed by atoms with E-state index in [4.69, 9.17) is 4.74 Å². The Labute approximate surface area is 120 Å². The molecular weight excluding hydrogens is 254 g/mol. The highest BCUT2D eigenvalue weighted by Crippen LogP contribution is 2.23. The van der Waals surface area contributed by atoms with Gasteiger partial charge in [0.15, 0.2) is 0 Å². The Kier molecular flexibility index (Phi) is 4.28. The maximum absolute atomic E-state index is 12.0. The molecular formula is C15H23N3O2. The molecule has 1 atom stereocenters. The molecule has 1 aliphatic heterocycles. The molecule has 5 nitrogen and oxygen atoms in total. The predicted octanol–water partition coefficient (Wildman–Crippen LogP) is 2.88. The molecule has 5 heteroatoms. The third-order valence-electron chi connectivity index (χ3n) is 3.24. The van der Waals surface area contributed by atoms with Crippen LogP contribution in [-0.4, -0.2) is 30.3 Å². The smallest absolute Gasteiger partial charge is 0.415 e. The minimum atomic E-state index is -0.501. The first-order valence-corrected chi connectivity index (χ1v) is 7.03. The lowest BCUT2D eigenvalue weighted by Crippen LogP contribution is -2.34. The zero-order valence-corrected chi connectivity index (χ0v) is 12.6. The van der Waals surface area contributed by atoms with E-state index in [2.05, 4.69) is 10.3 Å². The standard InChI is InChI=1S/C15H23N3O2/c1-15(2,3)20-14(19)18(4)13-8-7-11(10-17-13)12-6-5-9-16-12/h7-8,10,12,16H,5-6,9H2,1-4H3. The van der Waals surface area contributed by atoms with Crippen LogP contribution in [0.2, 0.25) is 0 Å². The van der Waals surface area contributed by atoms with Gasteiger partial charge in [-0.1, -0.05) is 6.07 Å². The number of nitrogens with one attached hydrogen (secondary N) is 1. The van der Waals surface area contributed by atoms with E-state index in [0.29, 0.717) is 11.9 Å². The minimum Gasteiger partial charge on any atom is -0.443 e. The molecule has 2 heterocycles. The average molecular weight is 277 g/mol. The van der Waals surface area contributed by atoms with Gasteiger partial charge in [0.05, 0.1) is 0 Å². The van der Waals surface area contributed by atoms with Crippen molar-refractivity contribution in [3.63, 3.8) is 0 Å². The molecule has 0 saturated carbocycles. The van der Waals surface area contributed by atoms with E-state index in [0.717, 1.165) is 13.0 Å². The summed E-state index contributed by atoms with van der Waals surface area (Å²) in [5.74, 6) is 0.598. The highest BCUT2D eigenvalue weighted by molar-refractivity contribution is 5.85. The third kappa shape index (κ3) is 3.70. The van der Waals surface area contributed by atoms with Crippen molar-refractivity contribution in [3.8, 4) is 0 Å². The topological polar surface area (TPSA) is 54.5 Å². The van der Waals surface area contributed by atoms with E-state index >= 15 is 0 Å². The van der Waals surface area contributed by atoms with Crippen LogP contribution in [0.3, 0.4) is 0 Å². The number of hydrogen-bond donors (Lipinski definition) is 1. The Morgan fingerprint density at radius 2 is 2.20 bits per heavy atom. The number of carbonyl (C=O) groups excluding carboxylic acids is 1. The maximum Gasteiger partial charge on any atom is 0.415 e. The van der Waals surface area contributed by atoms with Crippen molar-refractivity contribution < 1.29 is 9.53 Å². The first kappa shape index (κ1) is 14.8. The number of aromatic nitrogens is 1. The minimum absolute atomic E-state index is 0.392. The summed E-state index contributed by atoms with van der Waals surface area (Å²) < 4.78 is 5.32. The third-order valence-corrected chi connectivity index (χ3v) is 3.24. The van der Waals surface area contributed by atoms with Crippen LogP contribution in [0.5, 0.6) is 0 Å². The van der Waals surface area contributed by atoms with Gasteiger partial charge in [0, 0.05) is 19.3 Å². The second kappa shape index (κ2) is 5.79.